The summed E-state index contributed by atoms with van der Waals surface area (Å²) in [4.78, 5) is 20.1. The van der Waals surface area contributed by atoms with Gasteiger partial charge in [0.25, 0.3) is 0 Å². The van der Waals surface area contributed by atoms with Gasteiger partial charge in [0.15, 0.2) is 0 Å². The molecule has 1 aliphatic rings. The molecule has 0 aliphatic carbocycles. The number of hydrogen-bond acceptors (Lipinski definition) is 3. The minimum absolute atomic E-state index is 0.0301. The molecule has 142 valence electrons. The molecule has 6 nitrogen and oxygen atoms in total. The second-order valence-electron chi connectivity index (χ2n) is 7.22. The number of carbonyl (C=O) groups is 1. The van der Waals surface area contributed by atoms with Crippen LogP contribution in [0.25, 0.3) is 10.9 Å². The van der Waals surface area contributed by atoms with E-state index in [4.69, 9.17) is 4.74 Å². The first-order valence-corrected chi connectivity index (χ1v) is 9.42. The largest absolute Gasteiger partial charge is 0.379 e. The molecule has 0 unspecified atom stereocenters. The van der Waals surface area contributed by atoms with Gasteiger partial charge >= 0.3 is 6.03 Å². The van der Waals surface area contributed by atoms with E-state index in [-0.39, 0.29) is 12.1 Å². The monoisotopic (exact) mass is 358 g/mol. The lowest BCUT2D eigenvalue weighted by Gasteiger charge is -2.28. The van der Waals surface area contributed by atoms with Crippen molar-refractivity contribution in [1.82, 2.24) is 20.1 Å². The highest BCUT2D eigenvalue weighted by Crippen LogP contribution is 2.22. The van der Waals surface area contributed by atoms with Gasteiger partial charge in [0, 0.05) is 49.3 Å². The van der Waals surface area contributed by atoms with Crippen molar-refractivity contribution < 1.29 is 9.53 Å². The minimum atomic E-state index is -0.0301. The molecule has 2 heterocycles. The fourth-order valence-electron chi connectivity index (χ4n) is 3.40. The van der Waals surface area contributed by atoms with E-state index in [1.807, 2.05) is 19.2 Å². The Kier molecular flexibility index (Phi) is 6.16. The van der Waals surface area contributed by atoms with E-state index in [0.29, 0.717) is 6.54 Å². The maximum atomic E-state index is 12.5. The molecule has 0 radical (unpaired) electrons. The Bertz CT molecular complexity index is 736. The molecular formula is C20H30N4O2. The number of fused-ring (bicyclic) bond motifs is 1. The number of amides is 2. The van der Waals surface area contributed by atoms with Crippen molar-refractivity contribution in [1.29, 1.82) is 0 Å². The van der Waals surface area contributed by atoms with Gasteiger partial charge in [-0.25, -0.2) is 4.79 Å². The summed E-state index contributed by atoms with van der Waals surface area (Å²) in [7, 11) is 1.84. The Morgan fingerprint density at radius 1 is 1.35 bits per heavy atom. The van der Waals surface area contributed by atoms with E-state index >= 15 is 0 Å². The third kappa shape index (κ3) is 4.56. The summed E-state index contributed by atoms with van der Waals surface area (Å²) in [5, 5.41) is 4.33. The van der Waals surface area contributed by atoms with E-state index in [9.17, 15) is 4.79 Å². The number of para-hydroxylation sites is 1. The molecule has 1 aromatic heterocycles. The summed E-state index contributed by atoms with van der Waals surface area (Å²) in [6.07, 6.45) is 0.949. The van der Waals surface area contributed by atoms with Crippen LogP contribution in [0.5, 0.6) is 0 Å². The Morgan fingerprint density at radius 3 is 2.81 bits per heavy atom. The summed E-state index contributed by atoms with van der Waals surface area (Å²) in [6.45, 7) is 9.34. The van der Waals surface area contributed by atoms with Crippen LogP contribution in [0.4, 0.5) is 4.79 Å². The molecule has 0 bridgehead atoms. The summed E-state index contributed by atoms with van der Waals surface area (Å²) in [6, 6.07) is 8.36. The number of aromatic nitrogens is 1. The molecule has 26 heavy (non-hydrogen) atoms. The Hall–Kier alpha value is -2.05. The molecule has 1 fully saturated rings. The first-order valence-electron chi connectivity index (χ1n) is 9.42. The van der Waals surface area contributed by atoms with Gasteiger partial charge in [0.05, 0.1) is 19.8 Å². The highest BCUT2D eigenvalue weighted by atomic mass is 16.5. The average Bonchev–Trinajstić information content (AvgIpc) is 2.97. The van der Waals surface area contributed by atoms with Crippen LogP contribution < -0.4 is 5.32 Å². The van der Waals surface area contributed by atoms with Crippen LogP contribution in [0, 0.1) is 6.92 Å². The number of H-pyrrole nitrogens is 1. The lowest BCUT2D eigenvalue weighted by atomic mass is 10.1. The van der Waals surface area contributed by atoms with Crippen molar-refractivity contribution in [3.8, 4) is 0 Å². The molecule has 1 saturated heterocycles. The van der Waals surface area contributed by atoms with E-state index in [1.54, 1.807) is 4.90 Å². The number of morpholine rings is 1. The van der Waals surface area contributed by atoms with Crippen LogP contribution in [-0.4, -0.2) is 66.8 Å². The Balaban J connectivity index is 1.49. The normalized spacial score (nSPS) is 16.6. The predicted molar refractivity (Wildman–Crippen MR) is 104 cm³/mol. The van der Waals surface area contributed by atoms with Crippen molar-refractivity contribution in [2.45, 2.75) is 32.9 Å². The van der Waals surface area contributed by atoms with Crippen LogP contribution >= 0.6 is 0 Å². The highest BCUT2D eigenvalue weighted by Gasteiger charge is 2.17. The minimum Gasteiger partial charge on any atom is -0.379 e. The Labute approximate surface area is 155 Å². The number of aryl methyl sites for hydroxylation is 1. The van der Waals surface area contributed by atoms with Gasteiger partial charge in [-0.15, -0.1) is 0 Å². The molecule has 1 atom stereocenters. The fourth-order valence-corrected chi connectivity index (χ4v) is 3.40. The second-order valence-corrected chi connectivity index (χ2v) is 7.22. The SMILES string of the molecule is Cc1c(CN(C)C(=O)N[C@H](C)CCN2CCOCC2)[nH]c2ccccc12. The lowest BCUT2D eigenvalue weighted by molar-refractivity contribution is 0.0364. The zero-order chi connectivity index (χ0) is 18.5. The van der Waals surface area contributed by atoms with E-state index in [1.165, 1.54) is 10.9 Å². The van der Waals surface area contributed by atoms with Gasteiger partial charge in [-0.05, 0) is 31.9 Å². The van der Waals surface area contributed by atoms with Crippen molar-refractivity contribution in [2.75, 3.05) is 39.9 Å². The van der Waals surface area contributed by atoms with Crippen LogP contribution in [0.1, 0.15) is 24.6 Å². The van der Waals surface area contributed by atoms with Gasteiger partial charge in [-0.1, -0.05) is 18.2 Å². The summed E-state index contributed by atoms with van der Waals surface area (Å²) >= 11 is 0. The molecule has 2 amide bonds. The number of urea groups is 1. The lowest BCUT2D eigenvalue weighted by Crippen LogP contribution is -2.44. The zero-order valence-corrected chi connectivity index (χ0v) is 16.0. The quantitative estimate of drug-likeness (QED) is 0.835. The third-order valence-electron chi connectivity index (χ3n) is 5.16. The summed E-state index contributed by atoms with van der Waals surface area (Å²) in [5.41, 5.74) is 3.41. The number of nitrogens with zero attached hydrogens (tertiary/aromatic N) is 2. The molecule has 0 spiro atoms. The smallest absolute Gasteiger partial charge is 0.317 e. The summed E-state index contributed by atoms with van der Waals surface area (Å²) in [5.74, 6) is 0. The maximum absolute atomic E-state index is 12.5. The van der Waals surface area contributed by atoms with E-state index in [0.717, 1.165) is 50.5 Å². The third-order valence-corrected chi connectivity index (χ3v) is 5.16. The number of carbonyl (C=O) groups excluding carboxylic acids is 1. The first kappa shape index (κ1) is 18.7. The van der Waals surface area contributed by atoms with Crippen molar-refractivity contribution in [3.05, 3.63) is 35.5 Å². The number of rotatable bonds is 6. The van der Waals surface area contributed by atoms with Gasteiger partial charge in [-0.3, -0.25) is 4.90 Å². The van der Waals surface area contributed by atoms with E-state index < -0.39 is 0 Å². The van der Waals surface area contributed by atoms with Crippen molar-refractivity contribution in [3.63, 3.8) is 0 Å². The van der Waals surface area contributed by atoms with Crippen molar-refractivity contribution >= 4 is 16.9 Å². The molecule has 3 rings (SSSR count). The molecule has 2 N–H and O–H groups in total. The number of nitrogens with one attached hydrogen (secondary N) is 2. The standard InChI is InChI=1S/C20H30N4O2/c1-15(8-9-24-10-12-26-13-11-24)21-20(25)23(3)14-19-16(2)17-6-4-5-7-18(17)22-19/h4-7,15,22H,8-14H2,1-3H3,(H,21,25)/t15-/m1/s1. The van der Waals surface area contributed by atoms with Crippen LogP contribution in [0.15, 0.2) is 24.3 Å². The molecule has 6 heteroatoms. The van der Waals surface area contributed by atoms with Crippen molar-refractivity contribution in [2.24, 2.45) is 0 Å². The van der Waals surface area contributed by atoms with Gasteiger partial charge < -0.3 is 19.9 Å². The number of ether oxygens (including phenoxy) is 1. The number of aromatic amines is 1. The maximum Gasteiger partial charge on any atom is 0.317 e. The van der Waals surface area contributed by atoms with Crippen LogP contribution in [0.3, 0.4) is 0 Å². The van der Waals surface area contributed by atoms with E-state index in [2.05, 4.69) is 41.2 Å². The Morgan fingerprint density at radius 2 is 2.08 bits per heavy atom. The first-order chi connectivity index (χ1) is 12.5. The summed E-state index contributed by atoms with van der Waals surface area (Å²) < 4.78 is 5.37. The van der Waals surface area contributed by atoms with Crippen LogP contribution in [-0.2, 0) is 11.3 Å². The molecular weight excluding hydrogens is 328 g/mol. The van der Waals surface area contributed by atoms with Gasteiger partial charge in [0.1, 0.15) is 0 Å². The molecule has 0 saturated carbocycles. The molecule has 2 aromatic rings. The van der Waals surface area contributed by atoms with Gasteiger partial charge in [-0.2, -0.15) is 0 Å². The molecule has 1 aromatic carbocycles. The zero-order valence-electron chi connectivity index (χ0n) is 16.0. The fraction of sp³-hybridized carbons (Fsp3) is 0.550. The second kappa shape index (κ2) is 8.56. The van der Waals surface area contributed by atoms with Gasteiger partial charge in [0.2, 0.25) is 0 Å². The highest BCUT2D eigenvalue weighted by molar-refractivity contribution is 5.84. The topological polar surface area (TPSA) is 60.6 Å². The predicted octanol–water partition coefficient (Wildman–Crippen LogP) is 2.73. The van der Waals surface area contributed by atoms with Crippen LogP contribution in [0.2, 0.25) is 0 Å². The molecule has 1 aliphatic heterocycles. The number of benzene rings is 1. The average molecular weight is 358 g/mol. The number of hydrogen-bond donors (Lipinski definition) is 2.